The van der Waals surface area contributed by atoms with Crippen molar-refractivity contribution in [2.24, 2.45) is 4.99 Å². The van der Waals surface area contributed by atoms with E-state index in [1.165, 1.54) is 15.9 Å². The average molecular weight is 581 g/mol. The van der Waals surface area contributed by atoms with Gasteiger partial charge >= 0.3 is 5.97 Å². The Morgan fingerprint density at radius 3 is 2.78 bits per heavy atom. The van der Waals surface area contributed by atoms with E-state index in [2.05, 4.69) is 4.99 Å². The van der Waals surface area contributed by atoms with Crippen molar-refractivity contribution in [1.82, 2.24) is 4.57 Å². The molecule has 1 aliphatic rings. The number of esters is 1. The normalized spacial score (nSPS) is 16.0. The molecule has 1 atom stereocenters. The van der Waals surface area contributed by atoms with Gasteiger partial charge in [-0.3, -0.25) is 9.36 Å². The smallest absolute Gasteiger partial charge is 0.338 e. The van der Waals surface area contributed by atoms with Crippen LogP contribution in [0.1, 0.15) is 31.0 Å². The number of hydrogen-bond donors (Lipinski definition) is 1. The SMILES string of the molecule is CCOC(=O)C1=C(C)N=c2s/c(=C\c3ccc(O)c(I)c3)c(=O)n2[C@H]1c1ccccc1Cl. The molecule has 32 heavy (non-hydrogen) atoms. The number of phenolic OH excluding ortho intramolecular Hbond substituents is 1. The standard InChI is InChI=1S/C23H18ClIN2O4S/c1-3-31-22(30)19-12(2)26-23-27(20(19)14-6-4-5-7-15(14)24)21(29)18(32-23)11-13-8-9-17(28)16(25)10-13/h4-11,20,28H,3H2,1-2H3/b18-11-/t20-/m0/s1. The number of rotatable bonds is 4. The van der Waals surface area contributed by atoms with E-state index in [4.69, 9.17) is 16.3 Å². The van der Waals surface area contributed by atoms with Crippen molar-refractivity contribution in [2.75, 3.05) is 6.61 Å². The van der Waals surface area contributed by atoms with Crippen LogP contribution in [0.25, 0.3) is 6.08 Å². The Bertz CT molecular complexity index is 1440. The maximum absolute atomic E-state index is 13.5. The number of halogens is 2. The van der Waals surface area contributed by atoms with Crippen molar-refractivity contribution in [1.29, 1.82) is 0 Å². The second-order valence-corrected chi connectivity index (χ2v) is 9.61. The molecule has 0 aliphatic carbocycles. The Hall–Kier alpha value is -2.43. The number of fused-ring (bicyclic) bond motifs is 1. The molecule has 6 nitrogen and oxygen atoms in total. The Balaban J connectivity index is 1.98. The molecule has 0 unspecified atom stereocenters. The van der Waals surface area contributed by atoms with Crippen molar-refractivity contribution in [2.45, 2.75) is 19.9 Å². The van der Waals surface area contributed by atoms with Crippen molar-refractivity contribution < 1.29 is 14.6 Å². The summed E-state index contributed by atoms with van der Waals surface area (Å²) in [6.07, 6.45) is 1.75. The number of hydrogen-bond acceptors (Lipinski definition) is 6. The highest BCUT2D eigenvalue weighted by molar-refractivity contribution is 14.1. The fraction of sp³-hybridized carbons (Fsp3) is 0.174. The lowest BCUT2D eigenvalue weighted by molar-refractivity contribution is -0.139. The van der Waals surface area contributed by atoms with E-state index in [-0.39, 0.29) is 23.5 Å². The number of ether oxygens (including phenoxy) is 1. The van der Waals surface area contributed by atoms with E-state index in [0.29, 0.717) is 29.2 Å². The zero-order chi connectivity index (χ0) is 23.0. The molecule has 0 saturated carbocycles. The molecular weight excluding hydrogens is 563 g/mol. The van der Waals surface area contributed by atoms with Crippen molar-refractivity contribution in [3.63, 3.8) is 0 Å². The van der Waals surface area contributed by atoms with E-state index in [1.807, 2.05) is 28.7 Å². The number of allylic oxidation sites excluding steroid dienone is 1. The molecule has 1 N–H and O–H groups in total. The summed E-state index contributed by atoms with van der Waals surface area (Å²) in [6.45, 7) is 3.66. The van der Waals surface area contributed by atoms with Crippen LogP contribution in [0.3, 0.4) is 0 Å². The Labute approximate surface area is 206 Å². The van der Waals surface area contributed by atoms with Gasteiger partial charge in [-0.05, 0) is 71.8 Å². The van der Waals surface area contributed by atoms with Gasteiger partial charge in [0.1, 0.15) is 11.8 Å². The number of thiazole rings is 1. The number of carbonyl (C=O) groups excluding carboxylic acids is 1. The molecule has 1 aliphatic heterocycles. The lowest BCUT2D eigenvalue weighted by atomic mass is 9.96. The van der Waals surface area contributed by atoms with E-state index >= 15 is 0 Å². The molecule has 0 fully saturated rings. The van der Waals surface area contributed by atoms with Gasteiger partial charge in [-0.15, -0.1) is 0 Å². The Morgan fingerprint density at radius 2 is 2.09 bits per heavy atom. The lowest BCUT2D eigenvalue weighted by Crippen LogP contribution is -2.40. The zero-order valence-electron chi connectivity index (χ0n) is 17.1. The van der Waals surface area contributed by atoms with E-state index in [1.54, 1.807) is 56.3 Å². The van der Waals surface area contributed by atoms with E-state index in [0.717, 1.165) is 5.56 Å². The van der Waals surface area contributed by atoms with Gasteiger partial charge in [0, 0.05) is 5.02 Å². The molecule has 0 radical (unpaired) electrons. The van der Waals surface area contributed by atoms with Gasteiger partial charge in [0.05, 0.1) is 26.0 Å². The maximum Gasteiger partial charge on any atom is 0.338 e. The van der Waals surface area contributed by atoms with Crippen LogP contribution < -0.4 is 14.9 Å². The van der Waals surface area contributed by atoms with Crippen LogP contribution >= 0.6 is 45.5 Å². The second kappa shape index (κ2) is 9.21. The molecule has 164 valence electrons. The molecule has 0 saturated heterocycles. The number of aromatic hydroxyl groups is 1. The minimum atomic E-state index is -0.749. The fourth-order valence-corrected chi connectivity index (χ4v) is 5.37. The third-order valence-corrected chi connectivity index (χ3v) is 7.18. The number of aromatic nitrogens is 1. The fourth-order valence-electron chi connectivity index (χ4n) is 3.55. The van der Waals surface area contributed by atoms with Crippen LogP contribution in [0.5, 0.6) is 5.75 Å². The topological polar surface area (TPSA) is 80.9 Å². The van der Waals surface area contributed by atoms with Gasteiger partial charge in [-0.25, -0.2) is 9.79 Å². The number of nitrogens with zero attached hydrogens (tertiary/aromatic N) is 2. The summed E-state index contributed by atoms with van der Waals surface area (Å²) < 4.78 is 7.92. The third kappa shape index (κ3) is 4.14. The van der Waals surface area contributed by atoms with E-state index < -0.39 is 12.0 Å². The molecule has 3 aromatic rings. The summed E-state index contributed by atoms with van der Waals surface area (Å²) in [6, 6.07) is 11.5. The first-order valence-corrected chi connectivity index (χ1v) is 12.0. The van der Waals surface area contributed by atoms with Gasteiger partial charge in [-0.1, -0.05) is 47.2 Å². The molecule has 4 rings (SSSR count). The van der Waals surface area contributed by atoms with Crippen LogP contribution in [0, 0.1) is 3.57 Å². The van der Waals surface area contributed by atoms with Crippen molar-refractivity contribution in [3.8, 4) is 5.75 Å². The third-order valence-electron chi connectivity index (χ3n) is 4.99. The summed E-state index contributed by atoms with van der Waals surface area (Å²) in [4.78, 5) is 31.4. The van der Waals surface area contributed by atoms with Crippen LogP contribution in [0.15, 0.2) is 63.5 Å². The highest BCUT2D eigenvalue weighted by atomic mass is 127. The first kappa shape index (κ1) is 22.8. The maximum atomic E-state index is 13.5. The first-order valence-electron chi connectivity index (χ1n) is 9.74. The predicted molar refractivity (Wildman–Crippen MR) is 133 cm³/mol. The molecule has 0 bridgehead atoms. The Morgan fingerprint density at radius 1 is 1.34 bits per heavy atom. The minimum absolute atomic E-state index is 0.178. The largest absolute Gasteiger partial charge is 0.507 e. The highest BCUT2D eigenvalue weighted by Crippen LogP contribution is 2.34. The molecule has 0 spiro atoms. The van der Waals surface area contributed by atoms with Crippen LogP contribution in [0.2, 0.25) is 5.02 Å². The summed E-state index contributed by atoms with van der Waals surface area (Å²) >= 11 is 9.76. The molecular formula is C23H18ClIN2O4S. The van der Waals surface area contributed by atoms with Crippen LogP contribution in [-0.2, 0) is 9.53 Å². The van der Waals surface area contributed by atoms with Gasteiger partial charge in [-0.2, -0.15) is 0 Å². The molecule has 2 aromatic carbocycles. The van der Waals surface area contributed by atoms with Gasteiger partial charge in [0.2, 0.25) is 0 Å². The predicted octanol–water partition coefficient (Wildman–Crippen LogP) is 3.76. The Kier molecular flexibility index (Phi) is 6.55. The molecule has 1 aromatic heterocycles. The van der Waals surface area contributed by atoms with Gasteiger partial charge in [0.15, 0.2) is 4.80 Å². The minimum Gasteiger partial charge on any atom is -0.507 e. The van der Waals surface area contributed by atoms with Crippen molar-refractivity contribution >= 4 is 57.6 Å². The average Bonchev–Trinajstić information content (AvgIpc) is 3.05. The second-order valence-electron chi connectivity index (χ2n) is 7.03. The lowest BCUT2D eigenvalue weighted by Gasteiger charge is -2.25. The van der Waals surface area contributed by atoms with Gasteiger partial charge in [0.25, 0.3) is 5.56 Å². The molecule has 2 heterocycles. The number of phenols is 1. The number of benzene rings is 2. The quantitative estimate of drug-likeness (QED) is 0.377. The monoisotopic (exact) mass is 580 g/mol. The molecule has 0 amide bonds. The number of carbonyl (C=O) groups is 1. The van der Waals surface area contributed by atoms with Crippen LogP contribution in [0.4, 0.5) is 0 Å². The summed E-state index contributed by atoms with van der Waals surface area (Å²) in [5, 5.41) is 10.2. The van der Waals surface area contributed by atoms with Gasteiger partial charge < -0.3 is 9.84 Å². The highest BCUT2D eigenvalue weighted by Gasteiger charge is 2.34. The first-order chi connectivity index (χ1) is 15.3. The molecule has 9 heteroatoms. The summed E-state index contributed by atoms with van der Waals surface area (Å²) in [5.74, 6) is -0.348. The van der Waals surface area contributed by atoms with E-state index in [9.17, 15) is 14.7 Å². The summed E-state index contributed by atoms with van der Waals surface area (Å²) in [5.41, 5.74) is 1.89. The zero-order valence-corrected chi connectivity index (χ0v) is 20.9. The summed E-state index contributed by atoms with van der Waals surface area (Å²) in [7, 11) is 0. The van der Waals surface area contributed by atoms with Crippen LogP contribution in [-0.4, -0.2) is 22.2 Å². The van der Waals surface area contributed by atoms with Crippen molar-refractivity contribution in [3.05, 3.63) is 93.1 Å².